The number of rotatable bonds is 8. The van der Waals surface area contributed by atoms with Gasteiger partial charge in [0.2, 0.25) is 5.91 Å². The number of furan rings is 1. The number of hydrogen-bond donors (Lipinski definition) is 3. The van der Waals surface area contributed by atoms with Crippen LogP contribution in [0, 0.1) is 5.92 Å². The van der Waals surface area contributed by atoms with E-state index in [4.69, 9.17) is 9.52 Å². The molecule has 8 nitrogen and oxygen atoms in total. The maximum Gasteiger partial charge on any atom is 0.326 e. The van der Waals surface area contributed by atoms with Gasteiger partial charge in [-0.1, -0.05) is 13.8 Å². The first-order chi connectivity index (χ1) is 11.9. The molecule has 0 unspecified atom stereocenters. The van der Waals surface area contributed by atoms with E-state index in [0.717, 1.165) is 5.56 Å². The molecule has 0 fully saturated rings. The van der Waals surface area contributed by atoms with Crippen LogP contribution in [0.4, 0.5) is 0 Å². The number of amides is 2. The lowest BCUT2D eigenvalue weighted by molar-refractivity contribution is -0.142. The summed E-state index contributed by atoms with van der Waals surface area (Å²) in [6.45, 7) is 3.41. The highest BCUT2D eigenvalue weighted by Crippen LogP contribution is 2.23. The molecule has 0 aliphatic heterocycles. The molecule has 0 aliphatic rings. The molecule has 2 aromatic heterocycles. The van der Waals surface area contributed by atoms with Crippen LogP contribution in [-0.2, 0) is 9.59 Å². The van der Waals surface area contributed by atoms with E-state index in [1.807, 2.05) is 13.8 Å². The van der Waals surface area contributed by atoms with Gasteiger partial charge in [0.1, 0.15) is 23.0 Å². The monoisotopic (exact) mass is 365 g/mol. The summed E-state index contributed by atoms with van der Waals surface area (Å²) in [5, 5.41) is 16.1. The molecule has 0 saturated heterocycles. The minimum Gasteiger partial charge on any atom is -0.480 e. The number of aliphatic carboxylic acids is 1. The van der Waals surface area contributed by atoms with Gasteiger partial charge in [-0.15, -0.1) is 11.3 Å². The standard InChI is InChI=1S/C16H19N3O5S/c1-9(2)5-11(16(22)23)18-13(20)6-17-14(21)12-8-25-15(19-12)10-3-4-24-7-10/h3-4,7-9,11H,5-6H2,1-2H3,(H,17,21)(H,18,20)(H,22,23)/t11-/m0/s1. The van der Waals surface area contributed by atoms with Crippen molar-refractivity contribution < 1.29 is 23.9 Å². The maximum atomic E-state index is 12.0. The van der Waals surface area contributed by atoms with Gasteiger partial charge in [-0.3, -0.25) is 9.59 Å². The van der Waals surface area contributed by atoms with E-state index < -0.39 is 23.8 Å². The average molecular weight is 365 g/mol. The van der Waals surface area contributed by atoms with Gasteiger partial charge in [-0.05, 0) is 18.4 Å². The summed E-state index contributed by atoms with van der Waals surface area (Å²) < 4.78 is 4.97. The maximum absolute atomic E-state index is 12.0. The zero-order valence-corrected chi connectivity index (χ0v) is 14.6. The summed E-state index contributed by atoms with van der Waals surface area (Å²) in [7, 11) is 0. The molecular weight excluding hydrogens is 346 g/mol. The zero-order chi connectivity index (χ0) is 18.4. The fraction of sp³-hybridized carbons (Fsp3) is 0.375. The number of carboxylic acids is 1. The number of carboxylic acid groups (broad SMARTS) is 1. The Balaban J connectivity index is 1.87. The van der Waals surface area contributed by atoms with Crippen molar-refractivity contribution in [1.82, 2.24) is 15.6 Å². The van der Waals surface area contributed by atoms with Crippen molar-refractivity contribution in [3.8, 4) is 10.6 Å². The Kier molecular flexibility index (Phi) is 6.29. The minimum absolute atomic E-state index is 0.118. The van der Waals surface area contributed by atoms with E-state index in [0.29, 0.717) is 11.4 Å². The first-order valence-electron chi connectivity index (χ1n) is 7.65. The topological polar surface area (TPSA) is 122 Å². The third-order valence-electron chi connectivity index (χ3n) is 3.25. The van der Waals surface area contributed by atoms with Crippen molar-refractivity contribution in [3.05, 3.63) is 29.7 Å². The SMILES string of the molecule is CC(C)C[C@H](NC(=O)CNC(=O)c1csc(-c2ccoc2)n1)C(=O)O. The Labute approximate surface area is 148 Å². The van der Waals surface area contributed by atoms with E-state index in [2.05, 4.69) is 15.6 Å². The van der Waals surface area contributed by atoms with E-state index in [1.54, 1.807) is 11.4 Å². The molecule has 9 heteroatoms. The number of carbonyl (C=O) groups is 3. The quantitative estimate of drug-likeness (QED) is 0.655. The summed E-state index contributed by atoms with van der Waals surface area (Å²) in [6.07, 6.45) is 3.35. The van der Waals surface area contributed by atoms with Crippen molar-refractivity contribution >= 4 is 29.1 Å². The summed E-state index contributed by atoms with van der Waals surface area (Å²) >= 11 is 1.28. The largest absolute Gasteiger partial charge is 0.480 e. The summed E-state index contributed by atoms with van der Waals surface area (Å²) in [4.78, 5) is 39.2. The molecule has 2 heterocycles. The third kappa shape index (κ3) is 5.42. The first kappa shape index (κ1) is 18.7. The van der Waals surface area contributed by atoms with Crippen LogP contribution < -0.4 is 10.6 Å². The molecule has 2 aromatic rings. The molecule has 3 N–H and O–H groups in total. The van der Waals surface area contributed by atoms with Gasteiger partial charge < -0.3 is 20.2 Å². The van der Waals surface area contributed by atoms with Crippen LogP contribution in [0.25, 0.3) is 10.6 Å². The number of carbonyl (C=O) groups excluding carboxylic acids is 2. The number of hydrogen-bond acceptors (Lipinski definition) is 6. The van der Waals surface area contributed by atoms with Gasteiger partial charge in [-0.25, -0.2) is 9.78 Å². The van der Waals surface area contributed by atoms with E-state index in [1.165, 1.54) is 23.9 Å². The van der Waals surface area contributed by atoms with Crippen molar-refractivity contribution in [2.24, 2.45) is 5.92 Å². The molecule has 0 spiro atoms. The van der Waals surface area contributed by atoms with Crippen molar-refractivity contribution in [2.45, 2.75) is 26.3 Å². The minimum atomic E-state index is -1.10. The van der Waals surface area contributed by atoms with Crippen molar-refractivity contribution in [2.75, 3.05) is 6.54 Å². The molecular formula is C16H19N3O5S. The fourth-order valence-electron chi connectivity index (χ4n) is 2.09. The second-order valence-corrected chi connectivity index (χ2v) is 6.68. The second kappa shape index (κ2) is 8.43. The molecule has 0 saturated carbocycles. The van der Waals surface area contributed by atoms with Gasteiger partial charge in [0.25, 0.3) is 5.91 Å². The Morgan fingerprint density at radius 1 is 1.36 bits per heavy atom. The van der Waals surface area contributed by atoms with Crippen molar-refractivity contribution in [3.63, 3.8) is 0 Å². The number of thiazole rings is 1. The lowest BCUT2D eigenvalue weighted by atomic mass is 10.0. The normalized spacial score (nSPS) is 12.0. The fourth-order valence-corrected chi connectivity index (χ4v) is 2.87. The van der Waals surface area contributed by atoms with Gasteiger partial charge in [0.05, 0.1) is 12.8 Å². The molecule has 1 atom stereocenters. The number of nitrogens with zero attached hydrogens (tertiary/aromatic N) is 1. The molecule has 25 heavy (non-hydrogen) atoms. The predicted molar refractivity (Wildman–Crippen MR) is 91.2 cm³/mol. The lowest BCUT2D eigenvalue weighted by Gasteiger charge is -2.16. The smallest absolute Gasteiger partial charge is 0.326 e. The number of nitrogens with one attached hydrogen (secondary N) is 2. The van der Waals surface area contributed by atoms with Gasteiger partial charge in [0.15, 0.2) is 0 Å². The van der Waals surface area contributed by atoms with E-state index in [-0.39, 0.29) is 18.2 Å². The molecule has 0 radical (unpaired) electrons. The third-order valence-corrected chi connectivity index (χ3v) is 4.15. The molecule has 2 rings (SSSR count). The van der Waals surface area contributed by atoms with E-state index >= 15 is 0 Å². The molecule has 2 amide bonds. The lowest BCUT2D eigenvalue weighted by Crippen LogP contribution is -2.46. The summed E-state index contributed by atoms with van der Waals surface area (Å²) in [6, 6.07) is 0.755. The first-order valence-corrected chi connectivity index (χ1v) is 8.53. The predicted octanol–water partition coefficient (Wildman–Crippen LogP) is 1.75. The van der Waals surface area contributed by atoms with E-state index in [9.17, 15) is 14.4 Å². The van der Waals surface area contributed by atoms with Crippen LogP contribution in [0.15, 0.2) is 28.4 Å². The second-order valence-electron chi connectivity index (χ2n) is 5.82. The highest BCUT2D eigenvalue weighted by Gasteiger charge is 2.21. The number of aromatic nitrogens is 1. The highest BCUT2D eigenvalue weighted by molar-refractivity contribution is 7.13. The zero-order valence-electron chi connectivity index (χ0n) is 13.8. The highest BCUT2D eigenvalue weighted by atomic mass is 32.1. The Bertz CT molecular complexity index is 739. The molecule has 0 aliphatic carbocycles. The van der Waals surface area contributed by atoms with Crippen molar-refractivity contribution in [1.29, 1.82) is 0 Å². The van der Waals surface area contributed by atoms with Gasteiger partial charge in [0, 0.05) is 10.9 Å². The Morgan fingerprint density at radius 2 is 2.12 bits per heavy atom. The molecule has 0 bridgehead atoms. The average Bonchev–Trinajstić information content (AvgIpc) is 3.22. The Hall–Kier alpha value is -2.68. The van der Waals surface area contributed by atoms with Crippen LogP contribution in [0.1, 0.15) is 30.8 Å². The van der Waals surface area contributed by atoms with Crippen LogP contribution >= 0.6 is 11.3 Å². The summed E-state index contributed by atoms with van der Waals surface area (Å²) in [5.74, 6) is -2.05. The summed E-state index contributed by atoms with van der Waals surface area (Å²) in [5.41, 5.74) is 0.950. The Morgan fingerprint density at radius 3 is 2.72 bits per heavy atom. The van der Waals surface area contributed by atoms with Gasteiger partial charge >= 0.3 is 5.97 Å². The van der Waals surface area contributed by atoms with Crippen LogP contribution in [0.3, 0.4) is 0 Å². The van der Waals surface area contributed by atoms with Crippen LogP contribution in [0.5, 0.6) is 0 Å². The van der Waals surface area contributed by atoms with Gasteiger partial charge in [-0.2, -0.15) is 0 Å². The van der Waals surface area contributed by atoms with Crippen LogP contribution in [0.2, 0.25) is 0 Å². The van der Waals surface area contributed by atoms with Crippen LogP contribution in [-0.4, -0.2) is 40.5 Å². The molecule has 134 valence electrons. The molecule has 0 aromatic carbocycles.